The Kier molecular flexibility index (Phi) is 4.29. The molecular formula is C17H13F2NO3. The maximum Gasteiger partial charge on any atom is 0.231 e. The SMILES string of the molecule is N#CC(CCOc1ccc(F)c(F)c1)c1ccc2c(c1)OCO2. The van der Waals surface area contributed by atoms with E-state index in [1.165, 1.54) is 6.07 Å². The molecule has 1 aliphatic heterocycles. The van der Waals surface area contributed by atoms with Crippen LogP contribution >= 0.6 is 0 Å². The molecule has 1 aliphatic rings. The molecule has 3 rings (SSSR count). The number of halogens is 2. The summed E-state index contributed by atoms with van der Waals surface area (Å²) in [6.45, 7) is 0.382. The Morgan fingerprint density at radius 1 is 1.09 bits per heavy atom. The van der Waals surface area contributed by atoms with Crippen LogP contribution in [0, 0.1) is 23.0 Å². The number of hydrogen-bond donors (Lipinski definition) is 0. The molecule has 1 heterocycles. The topological polar surface area (TPSA) is 51.5 Å². The van der Waals surface area contributed by atoms with E-state index in [4.69, 9.17) is 14.2 Å². The second-order valence-electron chi connectivity index (χ2n) is 5.01. The standard InChI is InChI=1S/C17H13F2NO3/c18-14-3-2-13(8-15(14)19)21-6-5-12(9-20)11-1-4-16-17(7-11)23-10-22-16/h1-4,7-8,12H,5-6,10H2. The van der Waals surface area contributed by atoms with E-state index in [1.54, 1.807) is 18.2 Å². The predicted molar refractivity (Wildman–Crippen MR) is 77.4 cm³/mol. The third-order valence-electron chi connectivity index (χ3n) is 3.52. The molecule has 0 spiro atoms. The molecule has 118 valence electrons. The first kappa shape index (κ1) is 15.1. The monoisotopic (exact) mass is 317 g/mol. The van der Waals surface area contributed by atoms with Crippen molar-refractivity contribution in [1.29, 1.82) is 5.26 Å². The van der Waals surface area contributed by atoms with E-state index in [9.17, 15) is 14.0 Å². The van der Waals surface area contributed by atoms with E-state index in [-0.39, 0.29) is 19.1 Å². The maximum atomic E-state index is 13.1. The molecule has 2 aromatic carbocycles. The van der Waals surface area contributed by atoms with Crippen molar-refractivity contribution >= 4 is 0 Å². The minimum atomic E-state index is -0.963. The van der Waals surface area contributed by atoms with Gasteiger partial charge < -0.3 is 14.2 Å². The summed E-state index contributed by atoms with van der Waals surface area (Å²) in [5, 5.41) is 9.32. The van der Waals surface area contributed by atoms with Crippen molar-refractivity contribution in [1.82, 2.24) is 0 Å². The zero-order valence-electron chi connectivity index (χ0n) is 12.1. The minimum absolute atomic E-state index is 0.176. The number of nitrogens with zero attached hydrogens (tertiary/aromatic N) is 1. The largest absolute Gasteiger partial charge is 0.493 e. The number of benzene rings is 2. The lowest BCUT2D eigenvalue weighted by Gasteiger charge is -2.11. The van der Waals surface area contributed by atoms with Crippen molar-refractivity contribution < 1.29 is 23.0 Å². The Morgan fingerprint density at radius 3 is 2.70 bits per heavy atom. The smallest absolute Gasteiger partial charge is 0.231 e. The van der Waals surface area contributed by atoms with Crippen molar-refractivity contribution in [2.24, 2.45) is 0 Å². The average Bonchev–Trinajstić information content (AvgIpc) is 3.02. The zero-order chi connectivity index (χ0) is 16.2. The normalized spacial score (nSPS) is 13.4. The van der Waals surface area contributed by atoms with E-state index >= 15 is 0 Å². The first-order chi connectivity index (χ1) is 11.2. The zero-order valence-corrected chi connectivity index (χ0v) is 12.1. The van der Waals surface area contributed by atoms with Crippen LogP contribution in [0.1, 0.15) is 17.9 Å². The summed E-state index contributed by atoms with van der Waals surface area (Å²) in [6, 6.07) is 10.9. The van der Waals surface area contributed by atoms with Crippen LogP contribution in [0.25, 0.3) is 0 Å². The molecular weight excluding hydrogens is 304 g/mol. The summed E-state index contributed by atoms with van der Waals surface area (Å²) >= 11 is 0. The summed E-state index contributed by atoms with van der Waals surface area (Å²) in [7, 11) is 0. The van der Waals surface area contributed by atoms with Gasteiger partial charge in [-0.25, -0.2) is 8.78 Å². The highest BCUT2D eigenvalue weighted by atomic mass is 19.2. The van der Waals surface area contributed by atoms with Gasteiger partial charge in [0, 0.05) is 12.5 Å². The predicted octanol–water partition coefficient (Wildman–Crippen LogP) is 3.77. The summed E-state index contributed by atoms with van der Waals surface area (Å²) in [5.74, 6) is -0.781. The molecule has 0 saturated carbocycles. The van der Waals surface area contributed by atoms with Gasteiger partial charge in [-0.15, -0.1) is 0 Å². The van der Waals surface area contributed by atoms with Crippen molar-refractivity contribution in [2.45, 2.75) is 12.3 Å². The van der Waals surface area contributed by atoms with E-state index in [1.807, 2.05) is 0 Å². The fourth-order valence-electron chi connectivity index (χ4n) is 2.30. The Hall–Kier alpha value is -2.81. The molecule has 0 fully saturated rings. The number of ether oxygens (including phenoxy) is 3. The molecule has 6 heteroatoms. The molecule has 0 amide bonds. The van der Waals surface area contributed by atoms with Crippen molar-refractivity contribution in [3.05, 3.63) is 53.6 Å². The summed E-state index contributed by atoms with van der Waals surface area (Å²) in [4.78, 5) is 0. The summed E-state index contributed by atoms with van der Waals surface area (Å²) in [5.41, 5.74) is 0.797. The van der Waals surface area contributed by atoms with Gasteiger partial charge >= 0.3 is 0 Å². The molecule has 0 saturated heterocycles. The number of nitriles is 1. The highest BCUT2D eigenvalue weighted by Gasteiger charge is 2.18. The van der Waals surface area contributed by atoms with E-state index in [2.05, 4.69) is 6.07 Å². The number of rotatable bonds is 5. The summed E-state index contributed by atoms with van der Waals surface area (Å²) in [6.07, 6.45) is 0.412. The molecule has 0 aliphatic carbocycles. The third kappa shape index (κ3) is 3.34. The lowest BCUT2D eigenvalue weighted by Crippen LogP contribution is -2.05. The lowest BCUT2D eigenvalue weighted by atomic mass is 9.97. The molecule has 0 radical (unpaired) electrons. The molecule has 1 atom stereocenters. The quantitative estimate of drug-likeness (QED) is 0.842. The number of hydrogen-bond acceptors (Lipinski definition) is 4. The Bertz CT molecular complexity index is 758. The third-order valence-corrected chi connectivity index (χ3v) is 3.52. The lowest BCUT2D eigenvalue weighted by molar-refractivity contribution is 0.174. The van der Waals surface area contributed by atoms with Gasteiger partial charge in [-0.1, -0.05) is 6.07 Å². The Balaban J connectivity index is 1.61. The fourth-order valence-corrected chi connectivity index (χ4v) is 2.30. The highest BCUT2D eigenvalue weighted by Crippen LogP contribution is 2.35. The van der Waals surface area contributed by atoms with E-state index < -0.39 is 17.6 Å². The van der Waals surface area contributed by atoms with Crippen molar-refractivity contribution in [3.63, 3.8) is 0 Å². The first-order valence-corrected chi connectivity index (χ1v) is 7.04. The molecule has 0 aromatic heterocycles. The van der Waals surface area contributed by atoms with Crippen LogP contribution in [-0.2, 0) is 0 Å². The van der Waals surface area contributed by atoms with Gasteiger partial charge in [-0.2, -0.15) is 5.26 Å². The second-order valence-corrected chi connectivity index (χ2v) is 5.01. The van der Waals surface area contributed by atoms with Gasteiger partial charge in [0.25, 0.3) is 0 Å². The van der Waals surface area contributed by atoms with Crippen LogP contribution in [0.3, 0.4) is 0 Å². The maximum absolute atomic E-state index is 13.1. The van der Waals surface area contributed by atoms with Crippen LogP contribution < -0.4 is 14.2 Å². The molecule has 0 bridgehead atoms. The molecule has 23 heavy (non-hydrogen) atoms. The average molecular weight is 317 g/mol. The van der Waals surface area contributed by atoms with Gasteiger partial charge in [0.2, 0.25) is 6.79 Å². The molecule has 1 unspecified atom stereocenters. The van der Waals surface area contributed by atoms with Crippen LogP contribution in [-0.4, -0.2) is 13.4 Å². The number of fused-ring (bicyclic) bond motifs is 1. The van der Waals surface area contributed by atoms with Crippen LogP contribution in [0.5, 0.6) is 17.2 Å². The van der Waals surface area contributed by atoms with Gasteiger partial charge in [0.1, 0.15) is 5.75 Å². The molecule has 2 aromatic rings. The van der Waals surface area contributed by atoms with E-state index in [0.717, 1.165) is 17.7 Å². The van der Waals surface area contributed by atoms with Crippen LogP contribution in [0.15, 0.2) is 36.4 Å². The van der Waals surface area contributed by atoms with Gasteiger partial charge in [-0.05, 0) is 29.8 Å². The Morgan fingerprint density at radius 2 is 1.91 bits per heavy atom. The molecule has 0 N–H and O–H groups in total. The van der Waals surface area contributed by atoms with Crippen LogP contribution in [0.2, 0.25) is 0 Å². The second kappa shape index (κ2) is 6.53. The highest BCUT2D eigenvalue weighted by molar-refractivity contribution is 5.46. The minimum Gasteiger partial charge on any atom is -0.493 e. The fraction of sp³-hybridized carbons (Fsp3) is 0.235. The first-order valence-electron chi connectivity index (χ1n) is 7.04. The van der Waals surface area contributed by atoms with Gasteiger partial charge in [-0.3, -0.25) is 0 Å². The molecule has 4 nitrogen and oxygen atoms in total. The van der Waals surface area contributed by atoms with Crippen LogP contribution in [0.4, 0.5) is 8.78 Å². The van der Waals surface area contributed by atoms with Gasteiger partial charge in [0.15, 0.2) is 23.1 Å². The van der Waals surface area contributed by atoms with Crippen molar-refractivity contribution in [3.8, 4) is 23.3 Å². The Labute approximate surface area is 131 Å². The van der Waals surface area contributed by atoms with E-state index in [0.29, 0.717) is 17.9 Å². The van der Waals surface area contributed by atoms with Gasteiger partial charge in [0.05, 0.1) is 18.6 Å². The summed E-state index contributed by atoms with van der Waals surface area (Å²) < 4.78 is 41.8. The van der Waals surface area contributed by atoms with Crippen molar-refractivity contribution in [2.75, 3.05) is 13.4 Å².